The Morgan fingerprint density at radius 2 is 1.57 bits per heavy atom. The Labute approximate surface area is 137 Å². The van der Waals surface area contributed by atoms with Crippen molar-refractivity contribution in [2.45, 2.75) is 39.0 Å². The Morgan fingerprint density at radius 3 is 2.13 bits per heavy atom. The van der Waals surface area contributed by atoms with Gasteiger partial charge in [-0.05, 0) is 66.5 Å². The predicted octanol–water partition coefficient (Wildman–Crippen LogP) is 3.59. The van der Waals surface area contributed by atoms with Crippen molar-refractivity contribution in [2.24, 2.45) is 35.5 Å². The van der Waals surface area contributed by atoms with Gasteiger partial charge in [0.2, 0.25) is 11.8 Å². The second kappa shape index (κ2) is 4.46. The van der Waals surface area contributed by atoms with E-state index in [0.717, 1.165) is 30.4 Å². The molecule has 0 N–H and O–H groups in total. The minimum Gasteiger partial charge on any atom is -0.274 e. The number of hydrogen-bond donors (Lipinski definition) is 0. The highest BCUT2D eigenvalue weighted by molar-refractivity contribution is 6.22. The van der Waals surface area contributed by atoms with Crippen LogP contribution >= 0.6 is 0 Å². The average Bonchev–Trinajstić information content (AvgIpc) is 3.32. The third-order valence-corrected chi connectivity index (χ3v) is 6.94. The molecular weight excluding hydrogens is 286 g/mol. The van der Waals surface area contributed by atoms with Crippen molar-refractivity contribution in [1.29, 1.82) is 0 Å². The highest BCUT2D eigenvalue weighted by Crippen LogP contribution is 2.68. The summed E-state index contributed by atoms with van der Waals surface area (Å²) in [5.41, 5.74) is 1.97. The molecule has 120 valence electrons. The molecule has 2 bridgehead atoms. The van der Waals surface area contributed by atoms with Crippen LogP contribution in [0.3, 0.4) is 0 Å². The normalized spacial score (nSPS) is 40.6. The number of imide groups is 1. The molecule has 4 saturated carbocycles. The first-order valence-electron chi connectivity index (χ1n) is 9.05. The topological polar surface area (TPSA) is 37.4 Å². The number of carbonyl (C=O) groups is 2. The van der Waals surface area contributed by atoms with Gasteiger partial charge < -0.3 is 0 Å². The van der Waals surface area contributed by atoms with E-state index in [1.807, 2.05) is 18.2 Å². The Morgan fingerprint density at radius 1 is 0.957 bits per heavy atom. The third-order valence-electron chi connectivity index (χ3n) is 6.94. The second-order valence-corrected chi connectivity index (χ2v) is 8.28. The monoisotopic (exact) mass is 309 g/mol. The second-order valence-electron chi connectivity index (χ2n) is 8.28. The minimum absolute atomic E-state index is 0.0206. The van der Waals surface area contributed by atoms with Gasteiger partial charge in [0, 0.05) is 0 Å². The molecule has 6 atom stereocenters. The molecule has 0 spiro atoms. The van der Waals surface area contributed by atoms with Gasteiger partial charge in [0.05, 0.1) is 17.5 Å². The van der Waals surface area contributed by atoms with Crippen LogP contribution in [0.2, 0.25) is 0 Å². The Bertz CT molecular complexity index is 675. The fraction of sp³-hybridized carbons (Fsp3) is 0.600. The Kier molecular flexibility index (Phi) is 2.67. The van der Waals surface area contributed by atoms with Crippen LogP contribution in [-0.2, 0) is 9.59 Å². The zero-order valence-corrected chi connectivity index (χ0v) is 13.7. The van der Waals surface area contributed by atoms with Crippen LogP contribution in [0.5, 0.6) is 0 Å². The summed E-state index contributed by atoms with van der Waals surface area (Å²) in [5.74, 6) is 2.97. The summed E-state index contributed by atoms with van der Waals surface area (Å²) in [7, 11) is 0. The van der Waals surface area contributed by atoms with Crippen molar-refractivity contribution in [3.8, 4) is 0 Å². The van der Waals surface area contributed by atoms with Crippen molar-refractivity contribution in [2.75, 3.05) is 4.90 Å². The summed E-state index contributed by atoms with van der Waals surface area (Å²) in [5, 5.41) is 0. The maximum absolute atomic E-state index is 13.1. The standard InChI is InChI=1S/C20H23NO2/c1-10(2)11-4-3-5-12(8-11)21-19(22)17-13-6-7-14(16-9-15(13)16)18(17)20(21)23/h3-5,8,10,13-18H,6-7,9H2,1-2H3. The van der Waals surface area contributed by atoms with E-state index in [1.54, 1.807) is 0 Å². The molecule has 0 aromatic heterocycles. The molecule has 1 heterocycles. The quantitative estimate of drug-likeness (QED) is 0.783. The smallest absolute Gasteiger partial charge is 0.237 e. The summed E-state index contributed by atoms with van der Waals surface area (Å²) in [6.07, 6.45) is 3.59. The van der Waals surface area contributed by atoms with Gasteiger partial charge in [-0.3, -0.25) is 14.5 Å². The lowest BCUT2D eigenvalue weighted by Crippen LogP contribution is -2.43. The lowest BCUT2D eigenvalue weighted by Gasteiger charge is -2.42. The fourth-order valence-corrected chi connectivity index (χ4v) is 5.82. The van der Waals surface area contributed by atoms with Crippen LogP contribution in [0.1, 0.15) is 44.6 Å². The Balaban J connectivity index is 1.55. The van der Waals surface area contributed by atoms with Crippen LogP contribution in [0.15, 0.2) is 24.3 Å². The van der Waals surface area contributed by atoms with E-state index in [9.17, 15) is 9.59 Å². The molecule has 3 heteroatoms. The molecule has 2 amide bonds. The number of amides is 2. The highest BCUT2D eigenvalue weighted by Gasteiger charge is 2.68. The van der Waals surface area contributed by atoms with Gasteiger partial charge in [-0.15, -0.1) is 0 Å². The summed E-state index contributed by atoms with van der Waals surface area (Å²) < 4.78 is 0. The van der Waals surface area contributed by atoms with Crippen molar-refractivity contribution in [1.82, 2.24) is 0 Å². The zero-order chi connectivity index (χ0) is 15.9. The van der Waals surface area contributed by atoms with E-state index in [1.165, 1.54) is 16.9 Å². The maximum atomic E-state index is 13.1. The molecule has 23 heavy (non-hydrogen) atoms. The largest absolute Gasteiger partial charge is 0.274 e. The molecule has 5 aliphatic rings. The number of benzene rings is 1. The Hall–Kier alpha value is -1.64. The number of nitrogens with zero attached hydrogens (tertiary/aromatic N) is 1. The summed E-state index contributed by atoms with van der Waals surface area (Å²) >= 11 is 0. The molecule has 4 aliphatic carbocycles. The zero-order valence-electron chi connectivity index (χ0n) is 13.7. The first-order valence-corrected chi connectivity index (χ1v) is 9.05. The molecule has 6 rings (SSSR count). The van der Waals surface area contributed by atoms with E-state index < -0.39 is 0 Å². The number of carbonyl (C=O) groups excluding carboxylic acids is 2. The molecule has 6 unspecified atom stereocenters. The molecule has 1 aromatic carbocycles. The number of rotatable bonds is 2. The van der Waals surface area contributed by atoms with Crippen LogP contribution in [0.25, 0.3) is 0 Å². The van der Waals surface area contributed by atoms with Gasteiger partial charge in [-0.25, -0.2) is 0 Å². The van der Waals surface area contributed by atoms with Gasteiger partial charge in [0.15, 0.2) is 0 Å². The molecule has 0 radical (unpaired) electrons. The molecule has 1 aromatic rings. The summed E-state index contributed by atoms with van der Waals surface area (Å²) in [6, 6.07) is 7.99. The average molecular weight is 309 g/mol. The van der Waals surface area contributed by atoms with E-state index in [4.69, 9.17) is 0 Å². The van der Waals surface area contributed by atoms with E-state index in [0.29, 0.717) is 17.8 Å². The first-order chi connectivity index (χ1) is 11.1. The van der Waals surface area contributed by atoms with Gasteiger partial charge in [-0.2, -0.15) is 0 Å². The minimum atomic E-state index is -0.0206. The van der Waals surface area contributed by atoms with Gasteiger partial charge in [0.25, 0.3) is 0 Å². The van der Waals surface area contributed by atoms with Crippen molar-refractivity contribution >= 4 is 17.5 Å². The van der Waals surface area contributed by atoms with Crippen molar-refractivity contribution in [3.63, 3.8) is 0 Å². The SMILES string of the molecule is CC(C)c1cccc(N2C(=O)C3C4CCC(C5CC54)C3C2=O)c1. The lowest BCUT2D eigenvalue weighted by molar-refractivity contribution is -0.129. The van der Waals surface area contributed by atoms with E-state index in [-0.39, 0.29) is 23.7 Å². The lowest BCUT2D eigenvalue weighted by atomic mass is 9.59. The van der Waals surface area contributed by atoms with Gasteiger partial charge >= 0.3 is 0 Å². The van der Waals surface area contributed by atoms with E-state index in [2.05, 4.69) is 19.9 Å². The highest BCUT2D eigenvalue weighted by atomic mass is 16.2. The molecular formula is C20H23NO2. The number of hydrogen-bond acceptors (Lipinski definition) is 2. The van der Waals surface area contributed by atoms with Crippen molar-refractivity contribution < 1.29 is 9.59 Å². The predicted molar refractivity (Wildman–Crippen MR) is 87.8 cm³/mol. The van der Waals surface area contributed by atoms with Crippen LogP contribution in [0.4, 0.5) is 5.69 Å². The first kappa shape index (κ1) is 13.8. The molecule has 1 saturated heterocycles. The van der Waals surface area contributed by atoms with Crippen LogP contribution < -0.4 is 4.90 Å². The van der Waals surface area contributed by atoms with Crippen LogP contribution in [-0.4, -0.2) is 11.8 Å². The number of anilines is 1. The van der Waals surface area contributed by atoms with Gasteiger partial charge in [0.1, 0.15) is 0 Å². The van der Waals surface area contributed by atoms with Crippen molar-refractivity contribution in [3.05, 3.63) is 29.8 Å². The maximum Gasteiger partial charge on any atom is 0.237 e. The fourth-order valence-electron chi connectivity index (χ4n) is 5.82. The van der Waals surface area contributed by atoms with Gasteiger partial charge in [-0.1, -0.05) is 26.0 Å². The van der Waals surface area contributed by atoms with Crippen LogP contribution in [0, 0.1) is 35.5 Å². The molecule has 5 fully saturated rings. The molecule has 3 nitrogen and oxygen atoms in total. The third kappa shape index (κ3) is 1.71. The number of fused-ring (bicyclic) bond motifs is 1. The van der Waals surface area contributed by atoms with E-state index >= 15 is 0 Å². The summed E-state index contributed by atoms with van der Waals surface area (Å²) in [4.78, 5) is 27.7. The summed E-state index contributed by atoms with van der Waals surface area (Å²) in [6.45, 7) is 4.28. The molecule has 1 aliphatic heterocycles.